The number of carbonyl (C=O) groups is 3. The van der Waals surface area contributed by atoms with E-state index in [0.717, 1.165) is 0 Å². The van der Waals surface area contributed by atoms with E-state index >= 15 is 0 Å². The Bertz CT molecular complexity index is 981. The molecule has 1 fully saturated rings. The second-order valence-corrected chi connectivity index (χ2v) is 7.56. The second kappa shape index (κ2) is 10.7. The van der Waals surface area contributed by atoms with Crippen LogP contribution in [0.3, 0.4) is 0 Å². The van der Waals surface area contributed by atoms with E-state index < -0.39 is 6.04 Å². The molecule has 0 aliphatic carbocycles. The molecule has 0 saturated carbocycles. The van der Waals surface area contributed by atoms with Crippen LogP contribution in [0.2, 0.25) is 0 Å². The molecule has 0 bridgehead atoms. The third-order valence-corrected chi connectivity index (χ3v) is 5.30. The summed E-state index contributed by atoms with van der Waals surface area (Å²) in [5.41, 5.74) is 1.25. The molecule has 3 rings (SSSR count). The van der Waals surface area contributed by atoms with Crippen LogP contribution in [-0.2, 0) is 14.4 Å². The average molecular weight is 455 g/mol. The molecule has 1 aliphatic heterocycles. The highest BCUT2D eigenvalue weighted by Gasteiger charge is 2.43. The van der Waals surface area contributed by atoms with Crippen LogP contribution < -0.4 is 20.3 Å². The normalized spacial score (nSPS) is 15.6. The molecule has 1 heterocycles. The van der Waals surface area contributed by atoms with Crippen molar-refractivity contribution in [2.24, 2.45) is 0 Å². The Morgan fingerprint density at radius 3 is 2.41 bits per heavy atom. The number of nitrogens with zero attached hydrogens (tertiary/aromatic N) is 2. The second-order valence-electron chi connectivity index (χ2n) is 7.19. The lowest BCUT2D eigenvalue weighted by Gasteiger charge is -2.24. The lowest BCUT2D eigenvalue weighted by Crippen LogP contribution is -2.42. The first kappa shape index (κ1) is 23.2. The number of hydrogen-bond donors (Lipinski definition) is 2. The van der Waals surface area contributed by atoms with Gasteiger partial charge in [-0.2, -0.15) is 0 Å². The zero-order valence-corrected chi connectivity index (χ0v) is 18.9. The van der Waals surface area contributed by atoms with Crippen molar-refractivity contribution in [3.63, 3.8) is 0 Å². The van der Waals surface area contributed by atoms with Crippen LogP contribution in [0.1, 0.15) is 20.3 Å². The number of carbonyl (C=O) groups excluding carboxylic acids is 3. The summed E-state index contributed by atoms with van der Waals surface area (Å²) in [6, 6.07) is 15.3. The highest BCUT2D eigenvalue weighted by atomic mass is 32.1. The van der Waals surface area contributed by atoms with Crippen LogP contribution in [0, 0.1) is 0 Å². The first-order chi connectivity index (χ1) is 15.4. The summed E-state index contributed by atoms with van der Waals surface area (Å²) in [5, 5.41) is 5.81. The maximum atomic E-state index is 13.3. The Hall–Kier alpha value is -3.46. The van der Waals surface area contributed by atoms with Gasteiger partial charge in [-0.15, -0.1) is 0 Å². The molecular weight excluding hydrogens is 428 g/mol. The van der Waals surface area contributed by atoms with E-state index in [9.17, 15) is 14.4 Å². The largest absolute Gasteiger partial charge is 0.494 e. The van der Waals surface area contributed by atoms with Gasteiger partial charge in [-0.3, -0.25) is 19.3 Å². The van der Waals surface area contributed by atoms with Gasteiger partial charge in [0, 0.05) is 25.7 Å². The molecule has 2 aromatic rings. The highest BCUT2D eigenvalue weighted by Crippen LogP contribution is 2.28. The summed E-state index contributed by atoms with van der Waals surface area (Å²) < 4.78 is 5.46. The summed E-state index contributed by atoms with van der Waals surface area (Å²) >= 11 is 5.60. The SMILES string of the molecule is CCOc1ccc(N2C(=O)[C@H](CC(=O)Nc3ccccc3)N(CCNC(C)=O)C2=S)cc1. The van der Waals surface area contributed by atoms with Crippen molar-refractivity contribution in [1.29, 1.82) is 0 Å². The molecule has 0 spiro atoms. The molecular formula is C23H26N4O4S. The van der Waals surface area contributed by atoms with Gasteiger partial charge in [0.15, 0.2) is 5.11 Å². The van der Waals surface area contributed by atoms with E-state index in [1.165, 1.54) is 11.8 Å². The maximum absolute atomic E-state index is 13.3. The van der Waals surface area contributed by atoms with Crippen molar-refractivity contribution in [2.45, 2.75) is 26.3 Å². The van der Waals surface area contributed by atoms with Gasteiger partial charge < -0.3 is 20.3 Å². The van der Waals surface area contributed by atoms with E-state index in [1.807, 2.05) is 25.1 Å². The van der Waals surface area contributed by atoms with Gasteiger partial charge in [-0.25, -0.2) is 0 Å². The highest BCUT2D eigenvalue weighted by molar-refractivity contribution is 7.80. The molecule has 1 saturated heterocycles. The fourth-order valence-electron chi connectivity index (χ4n) is 3.44. The molecule has 168 valence electrons. The van der Waals surface area contributed by atoms with Gasteiger partial charge in [0.05, 0.1) is 18.7 Å². The van der Waals surface area contributed by atoms with Crippen LogP contribution in [0.25, 0.3) is 0 Å². The van der Waals surface area contributed by atoms with Gasteiger partial charge in [-0.1, -0.05) is 18.2 Å². The molecule has 0 radical (unpaired) electrons. The molecule has 1 atom stereocenters. The third kappa shape index (κ3) is 5.61. The molecule has 0 aromatic heterocycles. The monoisotopic (exact) mass is 454 g/mol. The first-order valence-electron chi connectivity index (χ1n) is 10.4. The molecule has 1 aliphatic rings. The summed E-state index contributed by atoms with van der Waals surface area (Å²) in [7, 11) is 0. The number of amides is 3. The lowest BCUT2D eigenvalue weighted by atomic mass is 10.1. The molecule has 9 heteroatoms. The van der Waals surface area contributed by atoms with Crippen molar-refractivity contribution in [3.05, 3.63) is 54.6 Å². The molecule has 32 heavy (non-hydrogen) atoms. The van der Waals surface area contributed by atoms with Crippen molar-refractivity contribution in [2.75, 3.05) is 29.9 Å². The summed E-state index contributed by atoms with van der Waals surface area (Å²) in [5.74, 6) is -0.0704. The minimum Gasteiger partial charge on any atom is -0.494 e. The fraction of sp³-hybridized carbons (Fsp3) is 0.304. The van der Waals surface area contributed by atoms with Crippen LogP contribution >= 0.6 is 12.2 Å². The van der Waals surface area contributed by atoms with Crippen LogP contribution in [0.4, 0.5) is 11.4 Å². The third-order valence-electron chi connectivity index (χ3n) is 4.89. The van der Waals surface area contributed by atoms with Gasteiger partial charge in [-0.05, 0) is 55.5 Å². The van der Waals surface area contributed by atoms with Crippen LogP contribution in [0.5, 0.6) is 5.75 Å². The molecule has 3 amide bonds. The summed E-state index contributed by atoms with van der Waals surface area (Å²) in [4.78, 5) is 40.4. The number of rotatable bonds is 9. The predicted molar refractivity (Wildman–Crippen MR) is 127 cm³/mol. The number of nitrogens with one attached hydrogen (secondary N) is 2. The fourth-order valence-corrected chi connectivity index (χ4v) is 3.86. The van der Waals surface area contributed by atoms with Crippen LogP contribution in [0.15, 0.2) is 54.6 Å². The number of benzene rings is 2. The predicted octanol–water partition coefficient (Wildman–Crippen LogP) is 2.55. The minimum atomic E-state index is -0.772. The van der Waals surface area contributed by atoms with Crippen molar-refractivity contribution >= 4 is 46.4 Å². The van der Waals surface area contributed by atoms with Gasteiger partial charge >= 0.3 is 0 Å². The zero-order valence-electron chi connectivity index (χ0n) is 18.0. The first-order valence-corrected chi connectivity index (χ1v) is 10.8. The smallest absolute Gasteiger partial charge is 0.256 e. The lowest BCUT2D eigenvalue weighted by molar-refractivity contribution is -0.124. The number of anilines is 2. The summed E-state index contributed by atoms with van der Waals surface area (Å²) in [6.45, 7) is 4.46. The Morgan fingerprint density at radius 2 is 1.78 bits per heavy atom. The van der Waals surface area contributed by atoms with Crippen molar-refractivity contribution in [1.82, 2.24) is 10.2 Å². The Labute approximate surface area is 192 Å². The summed E-state index contributed by atoms with van der Waals surface area (Å²) in [6.07, 6.45) is -0.0680. The molecule has 8 nitrogen and oxygen atoms in total. The molecule has 0 unspecified atom stereocenters. The van der Waals surface area contributed by atoms with Crippen molar-refractivity contribution in [3.8, 4) is 5.75 Å². The zero-order chi connectivity index (χ0) is 23.1. The van der Waals surface area contributed by atoms with E-state index in [2.05, 4.69) is 10.6 Å². The van der Waals surface area contributed by atoms with Gasteiger partial charge in [0.25, 0.3) is 5.91 Å². The number of para-hydroxylation sites is 1. The van der Waals surface area contributed by atoms with E-state index in [0.29, 0.717) is 41.9 Å². The Balaban J connectivity index is 1.79. The van der Waals surface area contributed by atoms with E-state index in [1.54, 1.807) is 41.3 Å². The van der Waals surface area contributed by atoms with Gasteiger partial charge in [0.1, 0.15) is 11.8 Å². The molecule has 2 N–H and O–H groups in total. The number of hydrogen-bond acceptors (Lipinski definition) is 5. The quantitative estimate of drug-likeness (QED) is 0.566. The number of ether oxygens (including phenoxy) is 1. The van der Waals surface area contributed by atoms with E-state index in [-0.39, 0.29) is 24.1 Å². The standard InChI is InChI=1S/C23H26N4O4S/c1-3-31-19-11-9-18(10-12-19)27-22(30)20(26(23(27)32)14-13-24-16(2)28)15-21(29)25-17-7-5-4-6-8-17/h4-12,20H,3,13-15H2,1-2H3,(H,24,28)(H,25,29)/t20-/m0/s1. The van der Waals surface area contributed by atoms with E-state index in [4.69, 9.17) is 17.0 Å². The Morgan fingerprint density at radius 1 is 1.09 bits per heavy atom. The maximum Gasteiger partial charge on any atom is 0.256 e. The number of thiocarbonyl (C=S) groups is 1. The van der Waals surface area contributed by atoms with Crippen molar-refractivity contribution < 1.29 is 19.1 Å². The molecule has 2 aromatic carbocycles. The Kier molecular flexibility index (Phi) is 7.77. The minimum absolute atomic E-state index is 0.0680. The average Bonchev–Trinajstić information content (AvgIpc) is 2.99. The topological polar surface area (TPSA) is 91.0 Å². The van der Waals surface area contributed by atoms with Gasteiger partial charge in [0.2, 0.25) is 11.8 Å². The van der Waals surface area contributed by atoms with Crippen LogP contribution in [-0.4, -0.2) is 53.5 Å².